The number of aromatic nitrogens is 5. The van der Waals surface area contributed by atoms with Crippen LogP contribution in [-0.4, -0.2) is 24.1 Å². The first-order chi connectivity index (χ1) is 14.7. The highest BCUT2D eigenvalue weighted by atomic mass is 32.2. The number of hydrogen-bond donors (Lipinski definition) is 0. The second-order valence-corrected chi connectivity index (χ2v) is 7.87. The molecule has 0 aliphatic rings. The molecule has 148 valence electrons. The lowest BCUT2D eigenvalue weighted by Gasteiger charge is -2.10. The summed E-state index contributed by atoms with van der Waals surface area (Å²) in [7, 11) is 0. The minimum Gasteiger partial charge on any atom is -0.307 e. The molecule has 0 radical (unpaired) electrons. The fraction of sp³-hybridized carbons (Fsp3) is 0.0870. The minimum atomic E-state index is -0.276. The van der Waals surface area contributed by atoms with Crippen molar-refractivity contribution in [1.29, 1.82) is 0 Å². The van der Waals surface area contributed by atoms with Crippen LogP contribution in [0.25, 0.3) is 22.7 Å². The van der Waals surface area contributed by atoms with E-state index in [4.69, 9.17) is 4.98 Å². The number of hydrogen-bond acceptors (Lipinski definition) is 4. The molecule has 3 heterocycles. The van der Waals surface area contributed by atoms with Crippen molar-refractivity contribution in [3.63, 3.8) is 0 Å². The number of fused-ring (bicyclic) bond motifs is 1. The average Bonchev–Trinajstić information content (AvgIpc) is 3.38. The Labute approximate surface area is 177 Å². The summed E-state index contributed by atoms with van der Waals surface area (Å²) in [4.78, 5) is 4.74. The topological polar surface area (TPSA) is 48.0 Å². The van der Waals surface area contributed by atoms with Gasteiger partial charge in [-0.1, -0.05) is 48.2 Å². The maximum Gasteiger partial charge on any atom is 0.196 e. The molecule has 7 heteroatoms. The van der Waals surface area contributed by atoms with Crippen LogP contribution in [0, 0.1) is 12.7 Å². The van der Waals surface area contributed by atoms with Crippen LogP contribution in [0.2, 0.25) is 0 Å². The summed E-state index contributed by atoms with van der Waals surface area (Å²) in [5.41, 5.74) is 4.81. The van der Waals surface area contributed by atoms with Crippen LogP contribution in [0.15, 0.2) is 84.3 Å². The Morgan fingerprint density at radius 2 is 1.73 bits per heavy atom. The third-order valence-electron chi connectivity index (χ3n) is 4.83. The van der Waals surface area contributed by atoms with E-state index >= 15 is 0 Å². The quantitative estimate of drug-likeness (QED) is 0.365. The summed E-state index contributed by atoms with van der Waals surface area (Å²) in [6.45, 7) is 2.05. The smallest absolute Gasteiger partial charge is 0.196 e. The van der Waals surface area contributed by atoms with Crippen LogP contribution >= 0.6 is 11.8 Å². The van der Waals surface area contributed by atoms with Gasteiger partial charge in [-0.05, 0) is 42.8 Å². The van der Waals surface area contributed by atoms with Crippen molar-refractivity contribution in [2.24, 2.45) is 0 Å². The Morgan fingerprint density at radius 1 is 0.933 bits per heavy atom. The molecule has 30 heavy (non-hydrogen) atoms. The number of rotatable bonds is 5. The van der Waals surface area contributed by atoms with Gasteiger partial charge in [0.2, 0.25) is 0 Å². The number of benzene rings is 2. The maximum atomic E-state index is 13.5. The lowest BCUT2D eigenvalue weighted by atomic mass is 10.2. The van der Waals surface area contributed by atoms with Gasteiger partial charge in [0.25, 0.3) is 0 Å². The third kappa shape index (κ3) is 3.48. The second kappa shape index (κ2) is 7.76. The third-order valence-corrected chi connectivity index (χ3v) is 5.79. The lowest BCUT2D eigenvalue weighted by molar-refractivity contribution is 0.627. The zero-order chi connectivity index (χ0) is 20.5. The number of pyridine rings is 1. The number of thioether (sulfide) groups is 1. The van der Waals surface area contributed by atoms with Crippen LogP contribution in [0.4, 0.5) is 4.39 Å². The molecule has 5 nitrogen and oxygen atoms in total. The van der Waals surface area contributed by atoms with Gasteiger partial charge in [0.05, 0.1) is 5.69 Å². The molecule has 5 rings (SSSR count). The number of aryl methyl sites for hydroxylation is 1. The van der Waals surface area contributed by atoms with E-state index < -0.39 is 0 Å². The Balaban J connectivity index is 1.52. The predicted octanol–water partition coefficient (Wildman–Crippen LogP) is 5.32. The molecule has 2 aromatic carbocycles. The summed E-state index contributed by atoms with van der Waals surface area (Å²) in [5.74, 6) is 1.09. The Hall–Kier alpha value is -3.45. The molecule has 3 aromatic heterocycles. The van der Waals surface area contributed by atoms with Gasteiger partial charge in [0, 0.05) is 29.4 Å². The van der Waals surface area contributed by atoms with Crippen molar-refractivity contribution in [3.8, 4) is 17.1 Å². The zero-order valence-corrected chi connectivity index (χ0v) is 17.1. The SMILES string of the molecule is Cc1cccn2cc(CSc3nnc(-c4ccccc4)n3-c3ccc(F)cc3)nc12. The number of halogens is 1. The fourth-order valence-corrected chi connectivity index (χ4v) is 4.21. The van der Waals surface area contributed by atoms with E-state index in [0.29, 0.717) is 5.75 Å². The lowest BCUT2D eigenvalue weighted by Crippen LogP contribution is -2.00. The molecular formula is C23H18FN5S. The zero-order valence-electron chi connectivity index (χ0n) is 16.2. The molecule has 0 N–H and O–H groups in total. The van der Waals surface area contributed by atoms with E-state index in [1.807, 2.05) is 57.8 Å². The summed E-state index contributed by atoms with van der Waals surface area (Å²) in [6.07, 6.45) is 4.03. The predicted molar refractivity (Wildman–Crippen MR) is 116 cm³/mol. The standard InChI is InChI=1S/C23H18FN5S/c1-16-6-5-13-28-14-19(25-21(16)28)15-30-23-27-26-22(17-7-3-2-4-8-17)29(23)20-11-9-18(24)10-12-20/h2-14H,15H2,1H3. The molecule has 0 fully saturated rings. The van der Waals surface area contributed by atoms with Gasteiger partial charge in [-0.3, -0.25) is 4.57 Å². The van der Waals surface area contributed by atoms with Gasteiger partial charge in [0.1, 0.15) is 11.5 Å². The first-order valence-corrected chi connectivity index (χ1v) is 10.5. The van der Waals surface area contributed by atoms with Gasteiger partial charge in [-0.2, -0.15) is 0 Å². The molecule has 5 aromatic rings. The van der Waals surface area contributed by atoms with Gasteiger partial charge < -0.3 is 4.40 Å². The normalized spacial score (nSPS) is 11.3. The van der Waals surface area contributed by atoms with Crippen molar-refractivity contribution < 1.29 is 4.39 Å². The molecular weight excluding hydrogens is 397 g/mol. The van der Waals surface area contributed by atoms with E-state index in [1.54, 1.807) is 23.9 Å². The van der Waals surface area contributed by atoms with Crippen molar-refractivity contribution in [2.45, 2.75) is 17.8 Å². The molecule has 0 saturated carbocycles. The average molecular weight is 415 g/mol. The molecule has 0 atom stereocenters. The molecule has 0 unspecified atom stereocenters. The molecule has 0 aliphatic heterocycles. The molecule has 0 amide bonds. The second-order valence-electron chi connectivity index (χ2n) is 6.93. The summed E-state index contributed by atoms with van der Waals surface area (Å²) in [5, 5.41) is 9.58. The monoisotopic (exact) mass is 415 g/mol. The Bertz CT molecular complexity index is 1310. The van der Waals surface area contributed by atoms with Gasteiger partial charge in [-0.15, -0.1) is 10.2 Å². The van der Waals surface area contributed by atoms with E-state index in [1.165, 1.54) is 12.1 Å². The Kier molecular flexibility index (Phi) is 4.80. The van der Waals surface area contributed by atoms with Crippen LogP contribution in [0.5, 0.6) is 0 Å². The van der Waals surface area contributed by atoms with Crippen molar-refractivity contribution in [1.82, 2.24) is 24.1 Å². The van der Waals surface area contributed by atoms with Crippen molar-refractivity contribution in [3.05, 3.63) is 96.2 Å². The van der Waals surface area contributed by atoms with E-state index in [2.05, 4.69) is 23.2 Å². The summed E-state index contributed by atoms with van der Waals surface area (Å²) in [6, 6.07) is 20.3. The maximum absolute atomic E-state index is 13.5. The summed E-state index contributed by atoms with van der Waals surface area (Å²) < 4.78 is 17.5. The first-order valence-electron chi connectivity index (χ1n) is 9.52. The van der Waals surface area contributed by atoms with E-state index in [-0.39, 0.29) is 5.82 Å². The Morgan fingerprint density at radius 3 is 2.50 bits per heavy atom. The first kappa shape index (κ1) is 18.6. The molecule has 0 spiro atoms. The van der Waals surface area contributed by atoms with Crippen LogP contribution < -0.4 is 0 Å². The van der Waals surface area contributed by atoms with Gasteiger partial charge in [-0.25, -0.2) is 9.37 Å². The minimum absolute atomic E-state index is 0.276. The van der Waals surface area contributed by atoms with Crippen molar-refractivity contribution in [2.75, 3.05) is 0 Å². The molecule has 0 saturated heterocycles. The van der Waals surface area contributed by atoms with E-state index in [0.717, 1.165) is 39.1 Å². The summed E-state index contributed by atoms with van der Waals surface area (Å²) >= 11 is 1.56. The molecule has 0 bridgehead atoms. The van der Waals surface area contributed by atoms with E-state index in [9.17, 15) is 4.39 Å². The van der Waals surface area contributed by atoms with Crippen molar-refractivity contribution >= 4 is 17.4 Å². The number of imidazole rings is 1. The largest absolute Gasteiger partial charge is 0.307 e. The van der Waals surface area contributed by atoms with Gasteiger partial charge >= 0.3 is 0 Å². The highest BCUT2D eigenvalue weighted by Crippen LogP contribution is 2.29. The molecule has 0 aliphatic carbocycles. The van der Waals surface area contributed by atoms with Crippen LogP contribution in [-0.2, 0) is 5.75 Å². The highest BCUT2D eigenvalue weighted by Gasteiger charge is 2.17. The van der Waals surface area contributed by atoms with Crippen LogP contribution in [0.3, 0.4) is 0 Å². The highest BCUT2D eigenvalue weighted by molar-refractivity contribution is 7.98. The van der Waals surface area contributed by atoms with Crippen LogP contribution in [0.1, 0.15) is 11.3 Å². The number of nitrogens with zero attached hydrogens (tertiary/aromatic N) is 5. The van der Waals surface area contributed by atoms with Gasteiger partial charge in [0.15, 0.2) is 11.0 Å². The fourth-order valence-electron chi connectivity index (χ4n) is 3.37.